The number of nitrogens with one attached hydrogen (secondary N) is 1. The third kappa shape index (κ3) is 4.18. The molecule has 7 heteroatoms. The number of rotatable bonds is 4. The number of nitrogens with zero attached hydrogens (tertiary/aromatic N) is 1. The van der Waals surface area contributed by atoms with Gasteiger partial charge in [0.2, 0.25) is 12.7 Å². The number of anilines is 2. The van der Waals surface area contributed by atoms with Gasteiger partial charge in [-0.2, -0.15) is 0 Å². The summed E-state index contributed by atoms with van der Waals surface area (Å²) < 4.78 is 16.0. The topological polar surface area (TPSA) is 60.0 Å². The van der Waals surface area contributed by atoms with E-state index < -0.39 is 0 Å². The Morgan fingerprint density at radius 3 is 2.67 bits per heavy atom. The van der Waals surface area contributed by atoms with E-state index >= 15 is 0 Å². The number of amides is 1. The molecule has 0 spiro atoms. The van der Waals surface area contributed by atoms with Crippen molar-refractivity contribution in [2.45, 2.75) is 0 Å². The van der Waals surface area contributed by atoms with Crippen molar-refractivity contribution in [1.82, 2.24) is 0 Å². The average molecular weight is 387 g/mol. The summed E-state index contributed by atoms with van der Waals surface area (Å²) >= 11 is 6.15. The zero-order chi connectivity index (χ0) is 18.6. The fourth-order valence-electron chi connectivity index (χ4n) is 3.02. The molecule has 2 aromatic rings. The third-order valence-electron chi connectivity index (χ3n) is 4.39. The van der Waals surface area contributed by atoms with Crippen LogP contribution in [0.3, 0.4) is 0 Å². The van der Waals surface area contributed by atoms with Crippen LogP contribution in [-0.2, 0) is 9.53 Å². The molecule has 1 N–H and O–H groups in total. The summed E-state index contributed by atoms with van der Waals surface area (Å²) in [5, 5.41) is 3.31. The molecule has 1 saturated heterocycles. The highest BCUT2D eigenvalue weighted by Crippen LogP contribution is 2.40. The number of carbonyl (C=O) groups is 1. The quantitative estimate of drug-likeness (QED) is 0.814. The lowest BCUT2D eigenvalue weighted by Crippen LogP contribution is -2.36. The van der Waals surface area contributed by atoms with Crippen LogP contribution in [0.2, 0.25) is 5.02 Å². The molecule has 0 aromatic heterocycles. The zero-order valence-corrected chi connectivity index (χ0v) is 15.4. The van der Waals surface area contributed by atoms with Crippen LogP contribution in [0, 0.1) is 0 Å². The van der Waals surface area contributed by atoms with E-state index in [0.717, 1.165) is 43.2 Å². The zero-order valence-electron chi connectivity index (χ0n) is 14.6. The van der Waals surface area contributed by atoms with Gasteiger partial charge in [0.25, 0.3) is 0 Å². The number of hydrogen-bond donors (Lipinski definition) is 1. The smallest absolute Gasteiger partial charge is 0.248 e. The highest BCUT2D eigenvalue weighted by atomic mass is 35.5. The van der Waals surface area contributed by atoms with Crippen molar-refractivity contribution in [3.05, 3.63) is 53.1 Å². The minimum absolute atomic E-state index is 0.156. The summed E-state index contributed by atoms with van der Waals surface area (Å²) in [6.45, 7) is 3.41. The molecule has 4 rings (SSSR count). The van der Waals surface area contributed by atoms with Gasteiger partial charge in [-0.05, 0) is 48.0 Å². The van der Waals surface area contributed by atoms with Crippen molar-refractivity contribution in [3.8, 4) is 11.5 Å². The molecule has 27 heavy (non-hydrogen) atoms. The minimum atomic E-state index is -0.220. The molecule has 6 nitrogen and oxygen atoms in total. The normalized spacial score (nSPS) is 16.0. The van der Waals surface area contributed by atoms with Crippen molar-refractivity contribution in [3.63, 3.8) is 0 Å². The number of fused-ring (bicyclic) bond motifs is 1. The van der Waals surface area contributed by atoms with Crippen LogP contribution in [0.4, 0.5) is 11.4 Å². The van der Waals surface area contributed by atoms with Gasteiger partial charge < -0.3 is 24.4 Å². The van der Waals surface area contributed by atoms with Gasteiger partial charge in [-0.3, -0.25) is 4.79 Å². The number of ether oxygens (including phenoxy) is 3. The van der Waals surface area contributed by atoms with E-state index in [0.29, 0.717) is 16.5 Å². The number of morpholine rings is 1. The molecule has 0 bridgehead atoms. The Kier molecular flexibility index (Phi) is 5.18. The maximum atomic E-state index is 12.2. The van der Waals surface area contributed by atoms with Gasteiger partial charge >= 0.3 is 0 Å². The van der Waals surface area contributed by atoms with Crippen molar-refractivity contribution < 1.29 is 19.0 Å². The summed E-state index contributed by atoms with van der Waals surface area (Å²) in [4.78, 5) is 14.4. The lowest BCUT2D eigenvalue weighted by Gasteiger charge is -2.28. The second-order valence-electron chi connectivity index (χ2n) is 6.21. The largest absolute Gasteiger partial charge is 0.454 e. The number of carbonyl (C=O) groups excluding carboxylic acids is 1. The Morgan fingerprint density at radius 1 is 1.11 bits per heavy atom. The molecule has 0 radical (unpaired) electrons. The van der Waals surface area contributed by atoms with Crippen LogP contribution in [0.1, 0.15) is 5.56 Å². The molecule has 0 atom stereocenters. The number of benzene rings is 2. The molecule has 0 unspecified atom stereocenters. The van der Waals surface area contributed by atoms with E-state index in [-0.39, 0.29) is 12.7 Å². The molecular weight excluding hydrogens is 368 g/mol. The molecule has 1 amide bonds. The lowest BCUT2D eigenvalue weighted by atomic mass is 10.2. The Balaban J connectivity index is 1.38. The van der Waals surface area contributed by atoms with Gasteiger partial charge in [0, 0.05) is 30.5 Å². The first kappa shape index (κ1) is 17.7. The second kappa shape index (κ2) is 7.90. The number of halogens is 1. The molecule has 2 aliphatic heterocycles. The van der Waals surface area contributed by atoms with E-state index in [1.807, 2.05) is 24.3 Å². The fourth-order valence-corrected chi connectivity index (χ4v) is 3.29. The van der Waals surface area contributed by atoms with Crippen molar-refractivity contribution in [1.29, 1.82) is 0 Å². The van der Waals surface area contributed by atoms with Gasteiger partial charge in [-0.1, -0.05) is 11.6 Å². The van der Waals surface area contributed by atoms with Crippen LogP contribution in [-0.4, -0.2) is 39.0 Å². The molecule has 1 fully saturated rings. The molecule has 2 aromatic carbocycles. The fraction of sp³-hybridized carbons (Fsp3) is 0.250. The van der Waals surface area contributed by atoms with E-state index in [4.69, 9.17) is 25.8 Å². The predicted molar refractivity (Wildman–Crippen MR) is 105 cm³/mol. The predicted octanol–water partition coefficient (Wildman–Crippen LogP) is 3.56. The summed E-state index contributed by atoms with van der Waals surface area (Å²) in [5.74, 6) is 0.905. The molecule has 0 aliphatic carbocycles. The highest BCUT2D eigenvalue weighted by molar-refractivity contribution is 6.32. The van der Waals surface area contributed by atoms with Gasteiger partial charge in [0.15, 0.2) is 11.5 Å². The van der Waals surface area contributed by atoms with Crippen molar-refractivity contribution >= 4 is 35.0 Å². The second-order valence-corrected chi connectivity index (χ2v) is 6.61. The summed E-state index contributed by atoms with van der Waals surface area (Å²) in [6, 6.07) is 11.3. The van der Waals surface area contributed by atoms with E-state index in [9.17, 15) is 4.79 Å². The van der Waals surface area contributed by atoms with Crippen molar-refractivity contribution in [2.75, 3.05) is 43.3 Å². The van der Waals surface area contributed by atoms with E-state index in [2.05, 4.69) is 10.2 Å². The van der Waals surface area contributed by atoms with Gasteiger partial charge in [0.05, 0.1) is 18.2 Å². The summed E-state index contributed by atoms with van der Waals surface area (Å²) in [7, 11) is 0. The average Bonchev–Trinajstić information content (AvgIpc) is 3.17. The van der Waals surface area contributed by atoms with Crippen LogP contribution in [0.15, 0.2) is 42.5 Å². The minimum Gasteiger partial charge on any atom is -0.454 e. The first-order valence-electron chi connectivity index (χ1n) is 8.70. The number of hydrogen-bond acceptors (Lipinski definition) is 5. The standard InChI is InChI=1S/C20H19ClN2O4/c21-17-11-14(12-18-20(17)27-13-26-18)1-6-19(24)22-15-2-4-16(5-3-15)23-7-9-25-10-8-23/h1-6,11-12H,7-10,13H2,(H,22,24). The maximum Gasteiger partial charge on any atom is 0.248 e. The van der Waals surface area contributed by atoms with E-state index in [1.165, 1.54) is 6.08 Å². The molecule has 140 valence electrons. The molecule has 0 saturated carbocycles. The molecule has 2 aliphatic rings. The highest BCUT2D eigenvalue weighted by Gasteiger charge is 2.17. The monoisotopic (exact) mass is 386 g/mol. The first-order chi connectivity index (χ1) is 13.2. The maximum absolute atomic E-state index is 12.2. The Bertz CT molecular complexity index is 861. The van der Waals surface area contributed by atoms with Crippen LogP contribution in [0.25, 0.3) is 6.08 Å². The van der Waals surface area contributed by atoms with Crippen LogP contribution < -0.4 is 19.7 Å². The Hall–Kier alpha value is -2.70. The summed E-state index contributed by atoms with van der Waals surface area (Å²) in [5.41, 5.74) is 2.63. The SMILES string of the molecule is O=C(C=Cc1cc(Cl)c2c(c1)OCO2)Nc1ccc(N2CCOCC2)cc1. The Labute approximate surface area is 162 Å². The van der Waals surface area contributed by atoms with Crippen molar-refractivity contribution in [2.24, 2.45) is 0 Å². The van der Waals surface area contributed by atoms with Gasteiger partial charge in [-0.15, -0.1) is 0 Å². The summed E-state index contributed by atoms with van der Waals surface area (Å²) in [6.07, 6.45) is 3.15. The van der Waals surface area contributed by atoms with Gasteiger partial charge in [0.1, 0.15) is 0 Å². The lowest BCUT2D eigenvalue weighted by molar-refractivity contribution is -0.111. The Morgan fingerprint density at radius 2 is 1.89 bits per heavy atom. The molecule has 2 heterocycles. The van der Waals surface area contributed by atoms with Gasteiger partial charge in [-0.25, -0.2) is 0 Å². The third-order valence-corrected chi connectivity index (χ3v) is 4.67. The van der Waals surface area contributed by atoms with E-state index in [1.54, 1.807) is 18.2 Å². The van der Waals surface area contributed by atoms with Crippen LogP contribution >= 0.6 is 11.6 Å². The molecular formula is C20H19ClN2O4. The first-order valence-corrected chi connectivity index (χ1v) is 9.08. The van der Waals surface area contributed by atoms with Crippen LogP contribution in [0.5, 0.6) is 11.5 Å².